The van der Waals surface area contributed by atoms with Gasteiger partial charge in [-0.1, -0.05) is 35.4 Å². The fourth-order valence-corrected chi connectivity index (χ4v) is 3.66. The summed E-state index contributed by atoms with van der Waals surface area (Å²) in [6.45, 7) is 1.80. The Bertz CT molecular complexity index is 987. The van der Waals surface area contributed by atoms with Gasteiger partial charge in [-0.25, -0.2) is 4.98 Å². The van der Waals surface area contributed by atoms with Crippen molar-refractivity contribution in [3.63, 3.8) is 0 Å². The number of rotatable bonds is 3. The second kappa shape index (κ2) is 6.25. The highest BCUT2D eigenvalue weighted by molar-refractivity contribution is 5.74. The van der Waals surface area contributed by atoms with Crippen LogP contribution in [0.1, 0.15) is 24.6 Å². The van der Waals surface area contributed by atoms with Gasteiger partial charge in [-0.05, 0) is 47.5 Å². The zero-order valence-corrected chi connectivity index (χ0v) is 14.3. The van der Waals surface area contributed by atoms with Crippen LogP contribution in [0.4, 0.5) is 5.95 Å². The fourth-order valence-electron chi connectivity index (χ4n) is 3.66. The maximum absolute atomic E-state index is 4.79. The smallest absolute Gasteiger partial charge is 0.250 e. The lowest BCUT2D eigenvalue weighted by atomic mass is 9.97. The molecule has 130 valence electrons. The SMILES string of the molecule is c1ccc(-n2nnnc2N2CCC[C@@H](c3nc4ccccc4[nH]3)C2)cc1. The van der Waals surface area contributed by atoms with E-state index in [0.29, 0.717) is 5.92 Å². The van der Waals surface area contributed by atoms with Crippen molar-refractivity contribution in [2.45, 2.75) is 18.8 Å². The van der Waals surface area contributed by atoms with Crippen LogP contribution >= 0.6 is 0 Å². The number of fused-ring (bicyclic) bond motifs is 1. The summed E-state index contributed by atoms with van der Waals surface area (Å²) in [5, 5.41) is 12.4. The Balaban J connectivity index is 1.44. The number of nitrogens with one attached hydrogen (secondary N) is 1. The van der Waals surface area contributed by atoms with E-state index in [1.165, 1.54) is 0 Å². The van der Waals surface area contributed by atoms with E-state index in [1.807, 2.05) is 48.5 Å². The molecule has 0 unspecified atom stereocenters. The van der Waals surface area contributed by atoms with Gasteiger partial charge in [0.25, 0.3) is 0 Å². The summed E-state index contributed by atoms with van der Waals surface area (Å²) in [5.74, 6) is 2.18. The average Bonchev–Trinajstić information content (AvgIpc) is 3.36. The zero-order valence-electron chi connectivity index (χ0n) is 14.3. The van der Waals surface area contributed by atoms with Crippen molar-refractivity contribution in [3.05, 3.63) is 60.4 Å². The minimum absolute atomic E-state index is 0.345. The van der Waals surface area contributed by atoms with Gasteiger partial charge in [-0.15, -0.1) is 0 Å². The number of hydrogen-bond acceptors (Lipinski definition) is 5. The number of anilines is 1. The van der Waals surface area contributed by atoms with E-state index in [0.717, 1.165) is 54.4 Å². The second-order valence-corrected chi connectivity index (χ2v) is 6.65. The molecule has 7 nitrogen and oxygen atoms in total. The molecule has 1 aliphatic rings. The van der Waals surface area contributed by atoms with Crippen molar-refractivity contribution in [2.75, 3.05) is 18.0 Å². The highest BCUT2D eigenvalue weighted by Gasteiger charge is 2.27. The van der Waals surface area contributed by atoms with Gasteiger partial charge < -0.3 is 9.88 Å². The molecule has 5 rings (SSSR count). The van der Waals surface area contributed by atoms with Crippen LogP contribution in [0.15, 0.2) is 54.6 Å². The molecule has 0 saturated carbocycles. The molecule has 1 atom stereocenters. The van der Waals surface area contributed by atoms with Crippen LogP contribution in [0.3, 0.4) is 0 Å². The summed E-state index contributed by atoms with van der Waals surface area (Å²) in [6.07, 6.45) is 2.20. The zero-order chi connectivity index (χ0) is 17.3. The Morgan fingerprint density at radius 3 is 2.73 bits per heavy atom. The Kier molecular flexibility index (Phi) is 3.62. The van der Waals surface area contributed by atoms with Gasteiger partial charge in [0.1, 0.15) is 5.82 Å². The Morgan fingerprint density at radius 2 is 1.85 bits per heavy atom. The predicted molar refractivity (Wildman–Crippen MR) is 99.4 cm³/mol. The van der Waals surface area contributed by atoms with Crippen molar-refractivity contribution in [2.24, 2.45) is 0 Å². The minimum atomic E-state index is 0.345. The van der Waals surface area contributed by atoms with E-state index in [9.17, 15) is 0 Å². The summed E-state index contributed by atoms with van der Waals surface area (Å²) in [4.78, 5) is 10.5. The Labute approximate surface area is 150 Å². The molecule has 1 aliphatic heterocycles. The summed E-state index contributed by atoms with van der Waals surface area (Å²) in [5.41, 5.74) is 3.08. The van der Waals surface area contributed by atoms with Crippen LogP contribution in [0.25, 0.3) is 16.7 Å². The second-order valence-electron chi connectivity index (χ2n) is 6.65. The van der Waals surface area contributed by atoms with Crippen LogP contribution < -0.4 is 4.90 Å². The van der Waals surface area contributed by atoms with Gasteiger partial charge in [0.05, 0.1) is 16.7 Å². The molecule has 0 aliphatic carbocycles. The van der Waals surface area contributed by atoms with E-state index in [2.05, 4.69) is 31.5 Å². The minimum Gasteiger partial charge on any atom is -0.342 e. The Hall–Kier alpha value is -3.22. The number of nitrogens with zero attached hydrogens (tertiary/aromatic N) is 6. The molecular weight excluding hydrogens is 326 g/mol. The quantitative estimate of drug-likeness (QED) is 0.618. The predicted octanol–water partition coefficient (Wildman–Crippen LogP) is 2.92. The van der Waals surface area contributed by atoms with E-state index in [4.69, 9.17) is 4.98 Å². The van der Waals surface area contributed by atoms with Gasteiger partial charge in [-0.3, -0.25) is 0 Å². The molecule has 0 spiro atoms. The van der Waals surface area contributed by atoms with Crippen molar-refractivity contribution < 1.29 is 0 Å². The van der Waals surface area contributed by atoms with E-state index in [-0.39, 0.29) is 0 Å². The van der Waals surface area contributed by atoms with Crippen molar-refractivity contribution in [3.8, 4) is 5.69 Å². The summed E-state index contributed by atoms with van der Waals surface area (Å²) in [7, 11) is 0. The number of hydrogen-bond donors (Lipinski definition) is 1. The third kappa shape index (κ3) is 2.61. The van der Waals surface area contributed by atoms with Crippen molar-refractivity contribution in [1.29, 1.82) is 0 Å². The number of para-hydroxylation sites is 3. The molecule has 0 bridgehead atoms. The third-order valence-corrected chi connectivity index (χ3v) is 4.95. The summed E-state index contributed by atoms with van der Waals surface area (Å²) in [6, 6.07) is 18.2. The lowest BCUT2D eigenvalue weighted by molar-refractivity contribution is 0.486. The number of H-pyrrole nitrogens is 1. The van der Waals surface area contributed by atoms with Crippen LogP contribution in [0.5, 0.6) is 0 Å². The molecule has 0 radical (unpaired) electrons. The standard InChI is InChI=1S/C19H19N7/c1-2-8-15(9-3-1)26-19(22-23-24-26)25-12-6-7-14(13-25)18-20-16-10-4-5-11-17(16)21-18/h1-5,8-11,14H,6-7,12-13H2,(H,20,21)/t14-/m1/s1. The van der Waals surface area contributed by atoms with Gasteiger partial charge in [0, 0.05) is 19.0 Å². The molecule has 2 aromatic heterocycles. The van der Waals surface area contributed by atoms with Gasteiger partial charge >= 0.3 is 0 Å². The first-order chi connectivity index (χ1) is 12.9. The molecule has 1 saturated heterocycles. The molecule has 4 aromatic rings. The lowest BCUT2D eigenvalue weighted by Crippen LogP contribution is -2.36. The molecule has 0 amide bonds. The molecule has 1 N–H and O–H groups in total. The van der Waals surface area contributed by atoms with Crippen molar-refractivity contribution in [1.82, 2.24) is 30.2 Å². The van der Waals surface area contributed by atoms with Crippen LogP contribution in [-0.2, 0) is 0 Å². The highest BCUT2D eigenvalue weighted by atomic mass is 15.6. The average molecular weight is 345 g/mol. The van der Waals surface area contributed by atoms with Crippen LogP contribution in [0.2, 0.25) is 0 Å². The number of tetrazole rings is 1. The molecular formula is C19H19N7. The first-order valence-electron chi connectivity index (χ1n) is 8.92. The first-order valence-corrected chi connectivity index (χ1v) is 8.92. The van der Waals surface area contributed by atoms with Crippen LogP contribution in [0, 0.1) is 0 Å². The highest BCUT2D eigenvalue weighted by Crippen LogP contribution is 2.29. The van der Waals surface area contributed by atoms with Gasteiger partial charge in [0.2, 0.25) is 5.95 Å². The van der Waals surface area contributed by atoms with Crippen LogP contribution in [-0.4, -0.2) is 43.3 Å². The van der Waals surface area contributed by atoms with Crippen molar-refractivity contribution >= 4 is 17.0 Å². The molecule has 1 fully saturated rings. The maximum atomic E-state index is 4.79. The normalized spacial score (nSPS) is 17.7. The molecule has 2 aromatic carbocycles. The summed E-state index contributed by atoms with van der Waals surface area (Å²) >= 11 is 0. The number of aromatic nitrogens is 6. The molecule has 7 heteroatoms. The first kappa shape index (κ1) is 15.1. The monoisotopic (exact) mass is 345 g/mol. The van der Waals surface area contributed by atoms with E-state index in [1.54, 1.807) is 4.68 Å². The number of aromatic amines is 1. The maximum Gasteiger partial charge on any atom is 0.250 e. The summed E-state index contributed by atoms with van der Waals surface area (Å²) < 4.78 is 1.81. The van der Waals surface area contributed by atoms with Gasteiger partial charge in [0.15, 0.2) is 0 Å². The fraction of sp³-hybridized carbons (Fsp3) is 0.263. The molecule has 3 heterocycles. The van der Waals surface area contributed by atoms with E-state index < -0.39 is 0 Å². The molecule has 26 heavy (non-hydrogen) atoms. The largest absolute Gasteiger partial charge is 0.342 e. The number of benzene rings is 2. The Morgan fingerprint density at radius 1 is 1.00 bits per heavy atom. The number of piperidine rings is 1. The topological polar surface area (TPSA) is 75.5 Å². The third-order valence-electron chi connectivity index (χ3n) is 4.95. The number of imidazole rings is 1. The van der Waals surface area contributed by atoms with Gasteiger partial charge in [-0.2, -0.15) is 4.68 Å². The van der Waals surface area contributed by atoms with E-state index >= 15 is 0 Å². The lowest BCUT2D eigenvalue weighted by Gasteiger charge is -2.31.